The van der Waals surface area contributed by atoms with E-state index in [-0.39, 0.29) is 0 Å². The number of fused-ring (bicyclic) bond motifs is 1. The predicted octanol–water partition coefficient (Wildman–Crippen LogP) is 0.701. The number of nitrogens with zero attached hydrogens (tertiary/aromatic N) is 2. The highest BCUT2D eigenvalue weighted by molar-refractivity contribution is 5.79. The Morgan fingerprint density at radius 3 is 2.92 bits per heavy atom. The lowest BCUT2D eigenvalue weighted by molar-refractivity contribution is -0.139. The second kappa shape index (κ2) is 3.29. The molecule has 1 atom stereocenters. The zero-order chi connectivity index (χ0) is 9.42. The van der Waals surface area contributed by atoms with Crippen molar-refractivity contribution in [1.29, 1.82) is 0 Å². The number of rotatable bonds is 1. The van der Waals surface area contributed by atoms with E-state index in [2.05, 4.69) is 18.7 Å². The van der Waals surface area contributed by atoms with Crippen LogP contribution in [0.25, 0.3) is 0 Å². The van der Waals surface area contributed by atoms with E-state index < -0.39 is 0 Å². The van der Waals surface area contributed by atoms with Gasteiger partial charge in [-0.3, -0.25) is 9.69 Å². The predicted molar refractivity (Wildman–Crippen MR) is 51.4 cm³/mol. The maximum absolute atomic E-state index is 11.7. The van der Waals surface area contributed by atoms with Crippen LogP contribution >= 0.6 is 0 Å². The first-order chi connectivity index (χ1) is 6.18. The van der Waals surface area contributed by atoms with Crippen LogP contribution in [0.1, 0.15) is 26.7 Å². The highest BCUT2D eigenvalue weighted by atomic mass is 16.2. The molecule has 2 rings (SSSR count). The molecule has 2 fully saturated rings. The molecule has 2 aliphatic rings. The van der Waals surface area contributed by atoms with Gasteiger partial charge >= 0.3 is 0 Å². The van der Waals surface area contributed by atoms with E-state index in [0.29, 0.717) is 24.5 Å². The summed E-state index contributed by atoms with van der Waals surface area (Å²) >= 11 is 0. The van der Waals surface area contributed by atoms with Crippen LogP contribution in [0.2, 0.25) is 0 Å². The van der Waals surface area contributed by atoms with Gasteiger partial charge in [0.25, 0.3) is 0 Å². The third-order valence-corrected chi connectivity index (χ3v) is 3.19. The normalized spacial score (nSPS) is 29.9. The van der Waals surface area contributed by atoms with E-state index in [0.717, 1.165) is 13.1 Å². The van der Waals surface area contributed by atoms with Gasteiger partial charge in [-0.15, -0.1) is 0 Å². The molecular weight excluding hydrogens is 164 g/mol. The number of carbonyl (C=O) groups excluding carboxylic acids is 1. The molecule has 2 heterocycles. The lowest BCUT2D eigenvalue weighted by Crippen LogP contribution is -2.55. The van der Waals surface area contributed by atoms with E-state index in [1.54, 1.807) is 0 Å². The molecule has 0 unspecified atom stereocenters. The average Bonchev–Trinajstić information content (AvgIpc) is 2.48. The molecule has 1 amide bonds. The minimum absolute atomic E-state index is 0.313. The van der Waals surface area contributed by atoms with Crippen LogP contribution in [0.5, 0.6) is 0 Å². The fraction of sp³-hybridized carbons (Fsp3) is 0.900. The number of hydrogen-bond acceptors (Lipinski definition) is 2. The molecule has 3 heteroatoms. The fourth-order valence-corrected chi connectivity index (χ4v) is 2.40. The van der Waals surface area contributed by atoms with Gasteiger partial charge in [0.1, 0.15) is 0 Å². The summed E-state index contributed by atoms with van der Waals surface area (Å²) in [4.78, 5) is 16.0. The number of carbonyl (C=O) groups is 1. The van der Waals surface area contributed by atoms with Crippen molar-refractivity contribution in [2.24, 2.45) is 0 Å². The van der Waals surface area contributed by atoms with Crippen molar-refractivity contribution >= 4 is 5.91 Å². The summed E-state index contributed by atoms with van der Waals surface area (Å²) in [5, 5.41) is 0. The smallest absolute Gasteiger partial charge is 0.237 e. The molecular formula is C10H18N2O. The van der Waals surface area contributed by atoms with Gasteiger partial charge in [-0.1, -0.05) is 0 Å². The van der Waals surface area contributed by atoms with Gasteiger partial charge in [0, 0.05) is 18.6 Å². The Bertz CT molecular complexity index is 215. The van der Waals surface area contributed by atoms with Gasteiger partial charge in [-0.2, -0.15) is 0 Å². The molecule has 0 aromatic carbocycles. The van der Waals surface area contributed by atoms with Crippen molar-refractivity contribution in [2.45, 2.75) is 38.8 Å². The molecule has 0 saturated carbocycles. The van der Waals surface area contributed by atoms with E-state index in [9.17, 15) is 4.79 Å². The van der Waals surface area contributed by atoms with E-state index >= 15 is 0 Å². The molecule has 2 aliphatic heterocycles. The van der Waals surface area contributed by atoms with Gasteiger partial charge in [-0.05, 0) is 33.2 Å². The maximum atomic E-state index is 11.7. The van der Waals surface area contributed by atoms with Gasteiger partial charge in [0.2, 0.25) is 5.91 Å². The van der Waals surface area contributed by atoms with Gasteiger partial charge in [-0.25, -0.2) is 0 Å². The van der Waals surface area contributed by atoms with Crippen molar-refractivity contribution in [3.63, 3.8) is 0 Å². The minimum Gasteiger partial charge on any atom is -0.338 e. The topological polar surface area (TPSA) is 23.6 Å². The van der Waals surface area contributed by atoms with Crippen LogP contribution in [0.15, 0.2) is 0 Å². The third kappa shape index (κ3) is 1.57. The minimum atomic E-state index is 0.313. The van der Waals surface area contributed by atoms with Crippen molar-refractivity contribution in [3.8, 4) is 0 Å². The van der Waals surface area contributed by atoms with Crippen LogP contribution in [-0.2, 0) is 4.79 Å². The number of amides is 1. The molecule has 2 saturated heterocycles. The van der Waals surface area contributed by atoms with Crippen LogP contribution in [0.3, 0.4) is 0 Å². The lowest BCUT2D eigenvalue weighted by Gasteiger charge is -2.39. The quantitative estimate of drug-likeness (QED) is 0.596. The third-order valence-electron chi connectivity index (χ3n) is 3.19. The first kappa shape index (κ1) is 9.00. The maximum Gasteiger partial charge on any atom is 0.237 e. The van der Waals surface area contributed by atoms with Crippen molar-refractivity contribution in [1.82, 2.24) is 9.80 Å². The summed E-state index contributed by atoms with van der Waals surface area (Å²) < 4.78 is 0. The molecule has 0 aromatic rings. The van der Waals surface area contributed by atoms with E-state index in [4.69, 9.17) is 0 Å². The summed E-state index contributed by atoms with van der Waals surface area (Å²) in [5.41, 5.74) is 0. The Balaban J connectivity index is 2.05. The van der Waals surface area contributed by atoms with E-state index in [1.807, 2.05) is 4.90 Å². The number of piperazine rings is 1. The van der Waals surface area contributed by atoms with Gasteiger partial charge in [0.15, 0.2) is 0 Å². The Labute approximate surface area is 79.7 Å². The SMILES string of the molecule is CC(C)N1C[C@H]2CCCN2CC1=O. The molecule has 3 nitrogen and oxygen atoms in total. The van der Waals surface area contributed by atoms with Crippen LogP contribution in [0.4, 0.5) is 0 Å². The molecule has 0 aromatic heterocycles. The molecule has 74 valence electrons. The first-order valence-corrected chi connectivity index (χ1v) is 5.22. The molecule has 0 bridgehead atoms. The molecule has 0 aliphatic carbocycles. The van der Waals surface area contributed by atoms with Gasteiger partial charge < -0.3 is 4.90 Å². The summed E-state index contributed by atoms with van der Waals surface area (Å²) in [6.07, 6.45) is 2.54. The summed E-state index contributed by atoms with van der Waals surface area (Å²) in [7, 11) is 0. The fourth-order valence-electron chi connectivity index (χ4n) is 2.40. The van der Waals surface area contributed by atoms with Crippen LogP contribution in [-0.4, -0.2) is 47.4 Å². The summed E-state index contributed by atoms with van der Waals surface area (Å²) in [5.74, 6) is 0.313. The Morgan fingerprint density at radius 2 is 2.23 bits per heavy atom. The highest BCUT2D eigenvalue weighted by Gasteiger charge is 2.35. The molecule has 0 N–H and O–H groups in total. The second-order valence-corrected chi connectivity index (χ2v) is 4.41. The number of hydrogen-bond donors (Lipinski definition) is 0. The van der Waals surface area contributed by atoms with Crippen LogP contribution in [0, 0.1) is 0 Å². The Hall–Kier alpha value is -0.570. The van der Waals surface area contributed by atoms with Crippen molar-refractivity contribution in [2.75, 3.05) is 19.6 Å². The Kier molecular flexibility index (Phi) is 2.28. The highest BCUT2D eigenvalue weighted by Crippen LogP contribution is 2.22. The largest absolute Gasteiger partial charge is 0.338 e. The monoisotopic (exact) mass is 182 g/mol. The van der Waals surface area contributed by atoms with Gasteiger partial charge in [0.05, 0.1) is 6.54 Å². The molecule has 0 radical (unpaired) electrons. The standard InChI is InChI=1S/C10H18N2O/c1-8(2)12-6-9-4-3-5-11(9)7-10(12)13/h8-9H,3-7H2,1-2H3/t9-/m1/s1. The van der Waals surface area contributed by atoms with E-state index in [1.165, 1.54) is 12.8 Å². The Morgan fingerprint density at radius 1 is 1.46 bits per heavy atom. The average molecular weight is 182 g/mol. The van der Waals surface area contributed by atoms with Crippen LogP contribution < -0.4 is 0 Å². The van der Waals surface area contributed by atoms with Crippen molar-refractivity contribution < 1.29 is 4.79 Å². The summed E-state index contributed by atoms with van der Waals surface area (Å²) in [6, 6.07) is 1.02. The summed E-state index contributed by atoms with van der Waals surface area (Å²) in [6.45, 7) is 6.94. The zero-order valence-electron chi connectivity index (χ0n) is 8.49. The molecule has 13 heavy (non-hydrogen) atoms. The lowest BCUT2D eigenvalue weighted by atomic mass is 10.1. The molecule has 0 spiro atoms. The second-order valence-electron chi connectivity index (χ2n) is 4.41. The first-order valence-electron chi connectivity index (χ1n) is 5.22. The zero-order valence-corrected chi connectivity index (χ0v) is 8.49. The van der Waals surface area contributed by atoms with Crippen molar-refractivity contribution in [3.05, 3.63) is 0 Å².